The van der Waals surface area contributed by atoms with Crippen LogP contribution in [0.5, 0.6) is 0 Å². The van der Waals surface area contributed by atoms with Gasteiger partial charge < -0.3 is 4.90 Å². The molecule has 4 aromatic rings. The third-order valence-electron chi connectivity index (χ3n) is 4.77. The number of hydrogen-bond donors (Lipinski definition) is 0. The number of anilines is 3. The summed E-state index contributed by atoms with van der Waals surface area (Å²) in [5.41, 5.74) is 5.92. The molecule has 0 unspecified atom stereocenters. The summed E-state index contributed by atoms with van der Waals surface area (Å²) >= 11 is 1.80. The van der Waals surface area contributed by atoms with Crippen molar-refractivity contribution in [1.29, 1.82) is 5.26 Å². The Morgan fingerprint density at radius 1 is 0.714 bits per heavy atom. The first kappa shape index (κ1) is 16.6. The zero-order valence-electron chi connectivity index (χ0n) is 14.9. The maximum atomic E-state index is 9.05. The van der Waals surface area contributed by atoms with Crippen LogP contribution in [0.4, 0.5) is 17.1 Å². The fourth-order valence-corrected chi connectivity index (χ4v) is 4.55. The molecule has 0 amide bonds. The number of para-hydroxylation sites is 3. The van der Waals surface area contributed by atoms with E-state index in [0.29, 0.717) is 5.69 Å². The fourth-order valence-electron chi connectivity index (χ4n) is 3.50. The summed E-state index contributed by atoms with van der Waals surface area (Å²) in [6.45, 7) is 0. The Labute approximate surface area is 167 Å². The predicted octanol–water partition coefficient (Wildman–Crippen LogP) is 6.55. The average Bonchev–Trinajstić information content (AvgIpc) is 2.77. The first-order valence-corrected chi connectivity index (χ1v) is 9.78. The van der Waals surface area contributed by atoms with Gasteiger partial charge in [0.05, 0.1) is 17.1 Å². The van der Waals surface area contributed by atoms with Crippen LogP contribution in [0.15, 0.2) is 101 Å². The molecule has 0 bridgehead atoms. The highest BCUT2D eigenvalue weighted by molar-refractivity contribution is 7.99. The Bertz CT molecular complexity index is 1160. The topological polar surface area (TPSA) is 39.9 Å². The highest BCUT2D eigenvalue weighted by Crippen LogP contribution is 2.52. The SMILES string of the molecule is N#Cc1ccc(-c2ccccc2N2c3ccccc3Sc3ccccc32)cn1. The summed E-state index contributed by atoms with van der Waals surface area (Å²) < 4.78 is 0. The molecular weight excluding hydrogens is 362 g/mol. The summed E-state index contributed by atoms with van der Waals surface area (Å²) in [5.74, 6) is 0. The van der Waals surface area contributed by atoms with E-state index in [1.807, 2.05) is 12.1 Å². The van der Waals surface area contributed by atoms with Gasteiger partial charge >= 0.3 is 0 Å². The quantitative estimate of drug-likeness (QED) is 0.349. The molecule has 3 nitrogen and oxygen atoms in total. The number of hydrogen-bond acceptors (Lipinski definition) is 4. The lowest BCUT2D eigenvalue weighted by Crippen LogP contribution is -2.15. The van der Waals surface area contributed by atoms with Crippen LogP contribution in [-0.4, -0.2) is 4.98 Å². The summed E-state index contributed by atoms with van der Waals surface area (Å²) in [6, 6.07) is 31.1. The fraction of sp³-hybridized carbons (Fsp3) is 0. The van der Waals surface area contributed by atoms with Gasteiger partial charge in [0.15, 0.2) is 0 Å². The van der Waals surface area contributed by atoms with Crippen LogP contribution in [0.1, 0.15) is 5.69 Å². The van der Waals surface area contributed by atoms with Gasteiger partial charge in [-0.3, -0.25) is 0 Å². The molecule has 0 atom stereocenters. The molecule has 0 N–H and O–H groups in total. The van der Waals surface area contributed by atoms with E-state index < -0.39 is 0 Å². The van der Waals surface area contributed by atoms with Gasteiger partial charge in [-0.05, 0) is 42.5 Å². The smallest absolute Gasteiger partial charge is 0.140 e. The number of benzene rings is 3. The van der Waals surface area contributed by atoms with E-state index >= 15 is 0 Å². The van der Waals surface area contributed by atoms with Gasteiger partial charge in [0.1, 0.15) is 11.8 Å². The molecule has 28 heavy (non-hydrogen) atoms. The molecule has 0 spiro atoms. The Morgan fingerprint density at radius 2 is 1.32 bits per heavy atom. The largest absolute Gasteiger partial charge is 0.308 e. The molecule has 2 heterocycles. The van der Waals surface area contributed by atoms with Crippen molar-refractivity contribution in [3.63, 3.8) is 0 Å². The van der Waals surface area contributed by atoms with E-state index in [0.717, 1.165) is 16.8 Å². The lowest BCUT2D eigenvalue weighted by molar-refractivity contribution is 1.16. The number of nitrogens with zero attached hydrogens (tertiary/aromatic N) is 3. The minimum absolute atomic E-state index is 0.422. The number of fused-ring (bicyclic) bond motifs is 2. The molecule has 1 aromatic heterocycles. The van der Waals surface area contributed by atoms with E-state index in [1.165, 1.54) is 21.2 Å². The molecule has 5 rings (SSSR count). The third kappa shape index (κ3) is 2.74. The predicted molar refractivity (Wildman–Crippen MR) is 113 cm³/mol. The van der Waals surface area contributed by atoms with E-state index in [2.05, 4.69) is 82.7 Å². The van der Waals surface area contributed by atoms with Crippen molar-refractivity contribution >= 4 is 28.8 Å². The van der Waals surface area contributed by atoms with Crippen LogP contribution < -0.4 is 4.90 Å². The minimum Gasteiger partial charge on any atom is -0.308 e. The summed E-state index contributed by atoms with van der Waals surface area (Å²) in [4.78, 5) is 9.04. The van der Waals surface area contributed by atoms with E-state index in [1.54, 1.807) is 24.0 Å². The maximum Gasteiger partial charge on any atom is 0.140 e. The van der Waals surface area contributed by atoms with Gasteiger partial charge in [-0.15, -0.1) is 0 Å². The van der Waals surface area contributed by atoms with Crippen molar-refractivity contribution in [2.24, 2.45) is 0 Å². The molecule has 0 saturated carbocycles. The lowest BCUT2D eigenvalue weighted by atomic mass is 10.0. The first-order chi connectivity index (χ1) is 13.8. The second kappa shape index (κ2) is 6.88. The van der Waals surface area contributed by atoms with Gasteiger partial charge in [0.25, 0.3) is 0 Å². The van der Waals surface area contributed by atoms with Gasteiger partial charge in [-0.1, -0.05) is 54.2 Å². The molecule has 0 aliphatic carbocycles. The monoisotopic (exact) mass is 377 g/mol. The van der Waals surface area contributed by atoms with Crippen molar-refractivity contribution in [3.8, 4) is 17.2 Å². The highest BCUT2D eigenvalue weighted by atomic mass is 32.2. The molecule has 132 valence electrons. The molecule has 0 saturated heterocycles. The second-order valence-corrected chi connectivity index (χ2v) is 7.52. The van der Waals surface area contributed by atoms with Crippen molar-refractivity contribution in [3.05, 3.63) is 96.8 Å². The zero-order chi connectivity index (χ0) is 18.9. The Morgan fingerprint density at radius 3 is 1.93 bits per heavy atom. The Hall–Kier alpha value is -3.55. The summed E-state index contributed by atoms with van der Waals surface area (Å²) in [7, 11) is 0. The number of nitriles is 1. The maximum absolute atomic E-state index is 9.05. The second-order valence-electron chi connectivity index (χ2n) is 6.43. The molecular formula is C24H15N3S. The van der Waals surface area contributed by atoms with Crippen LogP contribution in [0.2, 0.25) is 0 Å². The number of rotatable bonds is 2. The van der Waals surface area contributed by atoms with E-state index in [9.17, 15) is 0 Å². The van der Waals surface area contributed by atoms with Crippen molar-refractivity contribution in [1.82, 2.24) is 4.98 Å². The average molecular weight is 377 g/mol. The van der Waals surface area contributed by atoms with Crippen molar-refractivity contribution in [2.45, 2.75) is 9.79 Å². The Kier molecular flexibility index (Phi) is 4.08. The lowest BCUT2D eigenvalue weighted by Gasteiger charge is -2.34. The van der Waals surface area contributed by atoms with Gasteiger partial charge in [0, 0.05) is 27.1 Å². The molecule has 0 fully saturated rings. The summed E-state index contributed by atoms with van der Waals surface area (Å²) in [5, 5.41) is 9.05. The van der Waals surface area contributed by atoms with E-state index in [4.69, 9.17) is 5.26 Å². The molecule has 1 aliphatic rings. The summed E-state index contributed by atoms with van der Waals surface area (Å²) in [6.07, 6.45) is 1.77. The van der Waals surface area contributed by atoms with Crippen molar-refractivity contribution < 1.29 is 0 Å². The third-order valence-corrected chi connectivity index (χ3v) is 5.90. The van der Waals surface area contributed by atoms with Gasteiger partial charge in [-0.25, -0.2) is 4.98 Å². The highest BCUT2D eigenvalue weighted by Gasteiger charge is 2.25. The van der Waals surface area contributed by atoms with Crippen LogP contribution in [0.3, 0.4) is 0 Å². The molecule has 4 heteroatoms. The van der Waals surface area contributed by atoms with E-state index in [-0.39, 0.29) is 0 Å². The minimum atomic E-state index is 0.422. The first-order valence-electron chi connectivity index (χ1n) is 8.97. The normalized spacial score (nSPS) is 12.0. The number of aromatic nitrogens is 1. The van der Waals surface area contributed by atoms with Gasteiger partial charge in [-0.2, -0.15) is 5.26 Å². The molecule has 3 aromatic carbocycles. The number of pyridine rings is 1. The van der Waals surface area contributed by atoms with Crippen molar-refractivity contribution in [2.75, 3.05) is 4.90 Å². The van der Waals surface area contributed by atoms with Crippen LogP contribution in [0, 0.1) is 11.3 Å². The molecule has 1 aliphatic heterocycles. The molecule has 0 radical (unpaired) electrons. The van der Waals surface area contributed by atoms with Crippen LogP contribution in [-0.2, 0) is 0 Å². The van der Waals surface area contributed by atoms with Crippen LogP contribution >= 0.6 is 11.8 Å². The standard InChI is InChI=1S/C24H15N3S/c25-15-18-14-13-17(16-26-18)19-7-1-2-8-20(19)27-21-9-3-5-11-23(21)28-24-12-6-4-10-22(24)27/h1-14,16H. The van der Waals surface area contributed by atoms with Gasteiger partial charge in [0.2, 0.25) is 0 Å². The Balaban J connectivity index is 1.74. The van der Waals surface area contributed by atoms with Crippen LogP contribution in [0.25, 0.3) is 11.1 Å². The zero-order valence-corrected chi connectivity index (χ0v) is 15.7.